The van der Waals surface area contributed by atoms with Gasteiger partial charge in [0.15, 0.2) is 0 Å². The van der Waals surface area contributed by atoms with Gasteiger partial charge in [0.1, 0.15) is 5.75 Å². The Kier molecular flexibility index (Phi) is 5.75. The van der Waals surface area contributed by atoms with E-state index in [0.29, 0.717) is 34.6 Å². The summed E-state index contributed by atoms with van der Waals surface area (Å²) in [7, 11) is 0. The molecule has 2 aromatic carbocycles. The number of fused-ring (bicyclic) bond motifs is 1. The molecule has 0 atom stereocenters. The summed E-state index contributed by atoms with van der Waals surface area (Å²) in [6.45, 7) is 2.58. The molecule has 0 aliphatic carbocycles. The average molecular weight is 415 g/mol. The van der Waals surface area contributed by atoms with Crippen molar-refractivity contribution in [2.75, 3.05) is 6.61 Å². The van der Waals surface area contributed by atoms with Crippen LogP contribution in [-0.4, -0.2) is 34.2 Å². The predicted molar refractivity (Wildman–Crippen MR) is 114 cm³/mol. The summed E-state index contributed by atoms with van der Waals surface area (Å²) in [5.74, 6) is -0.559. The van der Waals surface area contributed by atoms with Crippen molar-refractivity contribution < 1.29 is 19.1 Å². The van der Waals surface area contributed by atoms with Gasteiger partial charge in [0, 0.05) is 6.20 Å². The number of hydrogen-bond donors (Lipinski definition) is 1. The van der Waals surface area contributed by atoms with E-state index in [2.05, 4.69) is 10.3 Å². The lowest BCUT2D eigenvalue weighted by molar-refractivity contribution is 0.0642. The zero-order chi connectivity index (χ0) is 21.8. The Bertz CT molecular complexity index is 1110. The highest BCUT2D eigenvalue weighted by atomic mass is 16.5. The van der Waals surface area contributed by atoms with Gasteiger partial charge in [-0.1, -0.05) is 24.3 Å². The Morgan fingerprint density at radius 2 is 1.71 bits per heavy atom. The van der Waals surface area contributed by atoms with E-state index >= 15 is 0 Å². The molecule has 3 aromatic rings. The van der Waals surface area contributed by atoms with Crippen LogP contribution in [0.4, 0.5) is 0 Å². The van der Waals surface area contributed by atoms with Crippen molar-refractivity contribution in [2.24, 2.45) is 0 Å². The highest BCUT2D eigenvalue weighted by Crippen LogP contribution is 2.26. The maximum Gasteiger partial charge on any atom is 0.261 e. The van der Waals surface area contributed by atoms with E-state index < -0.39 is 0 Å². The molecule has 1 N–H and O–H groups in total. The minimum Gasteiger partial charge on any atom is -0.493 e. The van der Waals surface area contributed by atoms with Gasteiger partial charge in [-0.25, -0.2) is 0 Å². The van der Waals surface area contributed by atoms with E-state index in [-0.39, 0.29) is 30.8 Å². The monoisotopic (exact) mass is 415 g/mol. The molecule has 4 rings (SSSR count). The Labute approximate surface area is 179 Å². The van der Waals surface area contributed by atoms with Crippen LogP contribution < -0.4 is 10.1 Å². The van der Waals surface area contributed by atoms with Crippen LogP contribution in [0.5, 0.6) is 5.75 Å². The predicted octanol–water partition coefficient (Wildman–Crippen LogP) is 3.21. The third kappa shape index (κ3) is 4.16. The molecule has 2 heterocycles. The van der Waals surface area contributed by atoms with Gasteiger partial charge in [0.2, 0.25) is 0 Å². The first-order chi connectivity index (χ1) is 15.1. The lowest BCUT2D eigenvalue weighted by Crippen LogP contribution is -2.29. The highest BCUT2D eigenvalue weighted by molar-refractivity contribution is 6.21. The molecule has 0 unspecified atom stereocenters. The van der Waals surface area contributed by atoms with Gasteiger partial charge in [0.25, 0.3) is 17.7 Å². The number of amides is 3. The number of aromatic nitrogens is 1. The molecule has 0 fully saturated rings. The number of ether oxygens (including phenoxy) is 1. The number of carbonyl (C=O) groups is 3. The maximum absolute atomic E-state index is 12.8. The van der Waals surface area contributed by atoms with Gasteiger partial charge >= 0.3 is 0 Å². The van der Waals surface area contributed by atoms with Crippen LogP contribution in [0.15, 0.2) is 66.9 Å². The van der Waals surface area contributed by atoms with Crippen LogP contribution in [0, 0.1) is 0 Å². The number of rotatable bonds is 7. The number of imide groups is 1. The number of benzene rings is 2. The fraction of sp³-hybridized carbons (Fsp3) is 0.167. The van der Waals surface area contributed by atoms with E-state index in [4.69, 9.17) is 4.74 Å². The third-order valence-electron chi connectivity index (χ3n) is 4.96. The zero-order valence-electron chi connectivity index (χ0n) is 17.0. The molecule has 1 aliphatic rings. The standard InChI is InChI=1S/C24H21N3O4/c1-2-31-21-11-10-16(13-20(21)22(28)26-14-17-7-5-6-12-25-17)15-27-23(29)18-8-3-4-9-19(18)24(27)30/h3-13H,2,14-15H2,1H3,(H,26,28). The Morgan fingerprint density at radius 1 is 1.00 bits per heavy atom. The maximum atomic E-state index is 12.8. The first kappa shape index (κ1) is 20.3. The normalized spacial score (nSPS) is 12.6. The van der Waals surface area contributed by atoms with Crippen molar-refractivity contribution in [2.45, 2.75) is 20.0 Å². The second kappa shape index (κ2) is 8.79. The fourth-order valence-corrected chi connectivity index (χ4v) is 3.47. The van der Waals surface area contributed by atoms with Crippen molar-refractivity contribution in [1.82, 2.24) is 15.2 Å². The van der Waals surface area contributed by atoms with Crippen molar-refractivity contribution in [1.29, 1.82) is 0 Å². The number of nitrogens with one attached hydrogen (secondary N) is 1. The lowest BCUT2D eigenvalue weighted by Gasteiger charge is -2.16. The number of nitrogens with zero attached hydrogens (tertiary/aromatic N) is 2. The van der Waals surface area contributed by atoms with Crippen LogP contribution >= 0.6 is 0 Å². The largest absolute Gasteiger partial charge is 0.493 e. The summed E-state index contributed by atoms with van der Waals surface area (Å²) in [6.07, 6.45) is 1.66. The average Bonchev–Trinajstić information content (AvgIpc) is 3.04. The Hall–Kier alpha value is -4.00. The summed E-state index contributed by atoms with van der Waals surface area (Å²) in [5.41, 5.74) is 2.52. The number of carbonyl (C=O) groups excluding carboxylic acids is 3. The second-order valence-corrected chi connectivity index (χ2v) is 7.01. The number of pyridine rings is 1. The first-order valence-corrected chi connectivity index (χ1v) is 9.97. The van der Waals surface area contributed by atoms with Gasteiger partial charge in [-0.15, -0.1) is 0 Å². The lowest BCUT2D eigenvalue weighted by atomic mass is 10.1. The van der Waals surface area contributed by atoms with E-state index in [0.717, 1.165) is 5.69 Å². The fourth-order valence-electron chi connectivity index (χ4n) is 3.47. The summed E-state index contributed by atoms with van der Waals surface area (Å²) in [5, 5.41) is 2.84. The molecule has 0 radical (unpaired) electrons. The smallest absolute Gasteiger partial charge is 0.261 e. The molecule has 0 saturated heterocycles. The van der Waals surface area contributed by atoms with Crippen LogP contribution in [0.3, 0.4) is 0 Å². The second-order valence-electron chi connectivity index (χ2n) is 7.01. The van der Waals surface area contributed by atoms with Crippen LogP contribution in [0.25, 0.3) is 0 Å². The molecular weight excluding hydrogens is 394 g/mol. The molecule has 31 heavy (non-hydrogen) atoms. The van der Waals surface area contributed by atoms with Gasteiger partial charge in [-0.05, 0) is 48.9 Å². The highest BCUT2D eigenvalue weighted by Gasteiger charge is 2.35. The van der Waals surface area contributed by atoms with Gasteiger partial charge in [-0.3, -0.25) is 24.3 Å². The minimum atomic E-state index is -0.337. The SMILES string of the molecule is CCOc1ccc(CN2C(=O)c3ccccc3C2=O)cc1C(=O)NCc1ccccn1. The Balaban J connectivity index is 1.55. The minimum absolute atomic E-state index is 0.0687. The van der Waals surface area contributed by atoms with Crippen molar-refractivity contribution in [3.8, 4) is 5.75 Å². The van der Waals surface area contributed by atoms with Crippen LogP contribution in [0.2, 0.25) is 0 Å². The zero-order valence-corrected chi connectivity index (χ0v) is 17.0. The molecular formula is C24H21N3O4. The molecule has 3 amide bonds. The van der Waals surface area contributed by atoms with E-state index in [1.807, 2.05) is 19.1 Å². The summed E-state index contributed by atoms with van der Waals surface area (Å²) in [6, 6.07) is 17.3. The molecule has 7 heteroatoms. The van der Waals surface area contributed by atoms with Crippen molar-refractivity contribution in [3.63, 3.8) is 0 Å². The topological polar surface area (TPSA) is 88.6 Å². The van der Waals surface area contributed by atoms with Gasteiger partial charge in [0.05, 0.1) is 42.1 Å². The van der Waals surface area contributed by atoms with Crippen LogP contribution in [-0.2, 0) is 13.1 Å². The van der Waals surface area contributed by atoms with Crippen molar-refractivity contribution >= 4 is 17.7 Å². The molecule has 1 aromatic heterocycles. The van der Waals surface area contributed by atoms with Gasteiger partial charge in [-0.2, -0.15) is 0 Å². The molecule has 7 nitrogen and oxygen atoms in total. The van der Waals surface area contributed by atoms with E-state index in [1.165, 1.54) is 4.90 Å². The van der Waals surface area contributed by atoms with Gasteiger partial charge < -0.3 is 10.1 Å². The third-order valence-corrected chi connectivity index (χ3v) is 4.96. The number of hydrogen-bond acceptors (Lipinski definition) is 5. The van der Waals surface area contributed by atoms with E-state index in [1.54, 1.807) is 54.7 Å². The molecule has 1 aliphatic heterocycles. The summed E-state index contributed by atoms with van der Waals surface area (Å²) < 4.78 is 5.60. The molecule has 0 saturated carbocycles. The quantitative estimate of drug-likeness (QED) is 0.599. The molecule has 0 spiro atoms. The Morgan fingerprint density at radius 3 is 2.35 bits per heavy atom. The molecule has 156 valence electrons. The van der Waals surface area contributed by atoms with Crippen molar-refractivity contribution in [3.05, 3.63) is 94.8 Å². The first-order valence-electron chi connectivity index (χ1n) is 9.97. The van der Waals surface area contributed by atoms with Crippen LogP contribution in [0.1, 0.15) is 49.3 Å². The van der Waals surface area contributed by atoms with E-state index in [9.17, 15) is 14.4 Å². The summed E-state index contributed by atoms with van der Waals surface area (Å²) >= 11 is 0. The summed E-state index contributed by atoms with van der Waals surface area (Å²) in [4.78, 5) is 43.5. The molecule has 0 bridgehead atoms.